The smallest absolute Gasteiger partial charge is 0.0968 e. The van der Waals surface area contributed by atoms with Crippen molar-refractivity contribution in [3.05, 3.63) is 16.6 Å². The molecule has 3 nitrogen and oxygen atoms in total. The highest BCUT2D eigenvalue weighted by atomic mass is 32.1. The molecule has 0 aliphatic carbocycles. The van der Waals surface area contributed by atoms with Gasteiger partial charge < -0.3 is 4.74 Å². The van der Waals surface area contributed by atoms with Gasteiger partial charge in [0.15, 0.2) is 0 Å². The van der Waals surface area contributed by atoms with E-state index in [1.54, 1.807) is 0 Å². The van der Waals surface area contributed by atoms with Crippen LogP contribution in [-0.4, -0.2) is 42.2 Å². The molecule has 0 unspecified atom stereocenters. The largest absolute Gasteiger partial charge is 0.381 e. The maximum atomic E-state index is 5.45. The van der Waals surface area contributed by atoms with Crippen LogP contribution in [0.5, 0.6) is 0 Å². The molecule has 94 valence electrons. The Labute approximate surface area is 107 Å². The standard InChI is InChI=1S/C13H20N2OS/c1-2-11(13-14-5-9-17-13)10-15(6-1)12-3-7-16-8-4-12/h5,9,11-12H,1-4,6-8,10H2/t11-/m1/s1. The van der Waals surface area contributed by atoms with Gasteiger partial charge in [-0.1, -0.05) is 0 Å². The minimum Gasteiger partial charge on any atom is -0.381 e. The van der Waals surface area contributed by atoms with Crippen LogP contribution in [0.3, 0.4) is 0 Å². The average molecular weight is 252 g/mol. The normalized spacial score (nSPS) is 28.4. The third-order valence-corrected chi connectivity index (χ3v) is 4.90. The van der Waals surface area contributed by atoms with Crippen molar-refractivity contribution in [3.8, 4) is 0 Å². The SMILES string of the molecule is c1csc([C@@H]2CCCN(C3CCOCC3)C2)n1. The first kappa shape index (κ1) is 11.6. The molecule has 1 aromatic rings. The van der Waals surface area contributed by atoms with Crippen LogP contribution < -0.4 is 0 Å². The van der Waals surface area contributed by atoms with Crippen molar-refractivity contribution in [1.82, 2.24) is 9.88 Å². The van der Waals surface area contributed by atoms with Gasteiger partial charge in [-0.2, -0.15) is 0 Å². The monoisotopic (exact) mass is 252 g/mol. The van der Waals surface area contributed by atoms with E-state index < -0.39 is 0 Å². The van der Waals surface area contributed by atoms with E-state index in [9.17, 15) is 0 Å². The lowest BCUT2D eigenvalue weighted by molar-refractivity contribution is 0.0240. The summed E-state index contributed by atoms with van der Waals surface area (Å²) < 4.78 is 5.45. The molecular weight excluding hydrogens is 232 g/mol. The van der Waals surface area contributed by atoms with E-state index >= 15 is 0 Å². The number of hydrogen-bond acceptors (Lipinski definition) is 4. The van der Waals surface area contributed by atoms with Crippen molar-refractivity contribution in [1.29, 1.82) is 0 Å². The minimum atomic E-state index is 0.673. The molecule has 2 aliphatic heterocycles. The zero-order chi connectivity index (χ0) is 11.5. The summed E-state index contributed by atoms with van der Waals surface area (Å²) in [5.74, 6) is 0.673. The lowest BCUT2D eigenvalue weighted by Crippen LogP contribution is -2.44. The summed E-state index contributed by atoms with van der Waals surface area (Å²) in [6.07, 6.45) is 7.00. The summed E-state index contributed by atoms with van der Waals surface area (Å²) in [6.45, 7) is 4.37. The van der Waals surface area contributed by atoms with E-state index in [1.165, 1.54) is 43.8 Å². The van der Waals surface area contributed by atoms with Gasteiger partial charge in [-0.15, -0.1) is 11.3 Å². The second kappa shape index (κ2) is 5.46. The molecule has 0 aromatic carbocycles. The Morgan fingerprint density at radius 3 is 2.94 bits per heavy atom. The molecule has 2 fully saturated rings. The summed E-state index contributed by atoms with van der Waals surface area (Å²) in [7, 11) is 0. The molecule has 0 spiro atoms. The van der Waals surface area contributed by atoms with E-state index in [4.69, 9.17) is 4.74 Å². The number of nitrogens with zero attached hydrogens (tertiary/aromatic N) is 2. The Bertz CT molecular complexity index is 335. The van der Waals surface area contributed by atoms with Gasteiger partial charge in [0.05, 0.1) is 5.01 Å². The molecular formula is C13H20N2OS. The molecule has 17 heavy (non-hydrogen) atoms. The Morgan fingerprint density at radius 1 is 1.29 bits per heavy atom. The number of thiazole rings is 1. The van der Waals surface area contributed by atoms with Gasteiger partial charge in [0.2, 0.25) is 0 Å². The van der Waals surface area contributed by atoms with E-state index in [1.807, 2.05) is 17.5 Å². The third kappa shape index (κ3) is 2.69. The highest BCUT2D eigenvalue weighted by molar-refractivity contribution is 7.09. The van der Waals surface area contributed by atoms with Gasteiger partial charge in [-0.3, -0.25) is 4.90 Å². The molecule has 3 rings (SSSR count). The van der Waals surface area contributed by atoms with Crippen molar-refractivity contribution < 1.29 is 4.74 Å². The molecule has 0 N–H and O–H groups in total. The Morgan fingerprint density at radius 2 is 2.18 bits per heavy atom. The Kier molecular flexibility index (Phi) is 3.74. The molecule has 2 saturated heterocycles. The molecule has 1 aromatic heterocycles. The predicted octanol–water partition coefficient (Wildman–Crippen LogP) is 2.50. The van der Waals surface area contributed by atoms with Crippen LogP contribution in [0.15, 0.2) is 11.6 Å². The van der Waals surface area contributed by atoms with E-state index in [0.717, 1.165) is 19.3 Å². The van der Waals surface area contributed by atoms with Crippen LogP contribution in [0.2, 0.25) is 0 Å². The molecule has 1 atom stereocenters. The van der Waals surface area contributed by atoms with Gasteiger partial charge in [0, 0.05) is 43.3 Å². The summed E-state index contributed by atoms with van der Waals surface area (Å²) in [6, 6.07) is 0.756. The Hall–Kier alpha value is -0.450. The number of piperidine rings is 1. The van der Waals surface area contributed by atoms with Gasteiger partial charge in [0.1, 0.15) is 0 Å². The third-order valence-electron chi connectivity index (χ3n) is 3.96. The zero-order valence-corrected chi connectivity index (χ0v) is 11.0. The van der Waals surface area contributed by atoms with Crippen molar-refractivity contribution >= 4 is 11.3 Å². The summed E-state index contributed by atoms with van der Waals surface area (Å²) in [5.41, 5.74) is 0. The van der Waals surface area contributed by atoms with Crippen LogP contribution in [0.4, 0.5) is 0 Å². The van der Waals surface area contributed by atoms with E-state index in [-0.39, 0.29) is 0 Å². The Balaban J connectivity index is 1.63. The van der Waals surface area contributed by atoms with Crippen LogP contribution in [0, 0.1) is 0 Å². The lowest BCUT2D eigenvalue weighted by Gasteiger charge is -2.39. The summed E-state index contributed by atoms with van der Waals surface area (Å²) in [5, 5.41) is 3.43. The second-order valence-corrected chi connectivity index (χ2v) is 5.97. The quantitative estimate of drug-likeness (QED) is 0.808. The topological polar surface area (TPSA) is 25.4 Å². The molecule has 3 heterocycles. The van der Waals surface area contributed by atoms with Crippen molar-refractivity contribution in [3.63, 3.8) is 0 Å². The van der Waals surface area contributed by atoms with Crippen molar-refractivity contribution in [2.24, 2.45) is 0 Å². The van der Waals surface area contributed by atoms with Crippen LogP contribution in [0.25, 0.3) is 0 Å². The minimum absolute atomic E-state index is 0.673. The first-order valence-electron chi connectivity index (χ1n) is 6.64. The molecule has 0 radical (unpaired) electrons. The fraction of sp³-hybridized carbons (Fsp3) is 0.769. The second-order valence-electron chi connectivity index (χ2n) is 5.05. The molecule has 4 heteroatoms. The van der Waals surface area contributed by atoms with Crippen LogP contribution in [-0.2, 0) is 4.74 Å². The maximum Gasteiger partial charge on any atom is 0.0968 e. The van der Waals surface area contributed by atoms with Gasteiger partial charge in [-0.05, 0) is 32.2 Å². The molecule has 0 amide bonds. The highest BCUT2D eigenvalue weighted by Crippen LogP contribution is 2.30. The summed E-state index contributed by atoms with van der Waals surface area (Å²) >= 11 is 1.82. The van der Waals surface area contributed by atoms with Crippen LogP contribution in [0.1, 0.15) is 36.6 Å². The maximum absolute atomic E-state index is 5.45. The first-order valence-corrected chi connectivity index (χ1v) is 7.52. The van der Waals surface area contributed by atoms with Gasteiger partial charge in [-0.25, -0.2) is 4.98 Å². The van der Waals surface area contributed by atoms with Crippen molar-refractivity contribution in [2.75, 3.05) is 26.3 Å². The first-order chi connectivity index (χ1) is 8.43. The van der Waals surface area contributed by atoms with Crippen molar-refractivity contribution in [2.45, 2.75) is 37.6 Å². The molecule has 2 aliphatic rings. The van der Waals surface area contributed by atoms with Gasteiger partial charge >= 0.3 is 0 Å². The fourth-order valence-corrected chi connectivity index (χ4v) is 3.79. The van der Waals surface area contributed by atoms with Crippen LogP contribution >= 0.6 is 11.3 Å². The highest BCUT2D eigenvalue weighted by Gasteiger charge is 2.28. The summed E-state index contributed by atoms with van der Waals surface area (Å²) in [4.78, 5) is 7.17. The number of likely N-dealkylation sites (tertiary alicyclic amines) is 1. The molecule has 0 bridgehead atoms. The zero-order valence-electron chi connectivity index (χ0n) is 10.2. The van der Waals surface area contributed by atoms with Gasteiger partial charge in [0.25, 0.3) is 0 Å². The predicted molar refractivity (Wildman–Crippen MR) is 69.5 cm³/mol. The number of hydrogen-bond donors (Lipinski definition) is 0. The average Bonchev–Trinajstić information content (AvgIpc) is 2.94. The van der Waals surface area contributed by atoms with E-state index in [2.05, 4.69) is 15.3 Å². The van der Waals surface area contributed by atoms with E-state index in [0.29, 0.717) is 5.92 Å². The number of ether oxygens (including phenoxy) is 1. The molecule has 0 saturated carbocycles. The lowest BCUT2D eigenvalue weighted by atomic mass is 9.95. The number of rotatable bonds is 2. The fourth-order valence-electron chi connectivity index (χ4n) is 3.03. The number of aromatic nitrogens is 1.